The van der Waals surface area contributed by atoms with Crippen molar-refractivity contribution in [1.29, 1.82) is 5.26 Å². The molecule has 72 valence electrons. The summed E-state index contributed by atoms with van der Waals surface area (Å²) in [7, 11) is 0. The van der Waals surface area contributed by atoms with Crippen LogP contribution in [0.1, 0.15) is 5.69 Å². The Hall–Kier alpha value is -2.28. The van der Waals surface area contributed by atoms with Crippen LogP contribution in [0.3, 0.4) is 0 Å². The largest absolute Gasteiger partial charge is 0.261 e. The summed E-state index contributed by atoms with van der Waals surface area (Å²) in [5, 5.41) is 8.66. The van der Waals surface area contributed by atoms with Crippen LogP contribution in [-0.2, 0) is 0 Å². The van der Waals surface area contributed by atoms with Crippen molar-refractivity contribution >= 4 is 0 Å². The molecule has 0 radical (unpaired) electrons. The molecule has 0 N–H and O–H groups in total. The van der Waals surface area contributed by atoms with Gasteiger partial charge in [-0.05, 0) is 18.2 Å². The van der Waals surface area contributed by atoms with E-state index in [1.165, 1.54) is 12.3 Å². The van der Waals surface area contributed by atoms with Gasteiger partial charge in [0.1, 0.15) is 17.6 Å². The number of nitriles is 1. The molecule has 2 rings (SSSR count). The maximum atomic E-state index is 12.9. The molecule has 0 saturated heterocycles. The van der Waals surface area contributed by atoms with E-state index in [4.69, 9.17) is 5.26 Å². The molecule has 2 aromatic rings. The van der Waals surface area contributed by atoms with Crippen molar-refractivity contribution in [2.75, 3.05) is 0 Å². The Kier molecular flexibility index (Phi) is 2.38. The highest BCUT2D eigenvalue weighted by molar-refractivity contribution is 5.58. The number of aromatic nitrogens is 2. The summed E-state index contributed by atoms with van der Waals surface area (Å²) in [5.74, 6) is -0.420. The fourth-order valence-electron chi connectivity index (χ4n) is 1.21. The quantitative estimate of drug-likeness (QED) is 0.707. The van der Waals surface area contributed by atoms with E-state index >= 15 is 0 Å². The van der Waals surface area contributed by atoms with E-state index in [-0.39, 0.29) is 0 Å². The van der Waals surface area contributed by atoms with Crippen molar-refractivity contribution in [3.63, 3.8) is 0 Å². The molecular formula is C11H6FN3. The minimum absolute atomic E-state index is 0.303. The lowest BCUT2D eigenvalue weighted by Gasteiger charge is -1.99. The van der Waals surface area contributed by atoms with E-state index in [0.717, 1.165) is 6.20 Å². The highest BCUT2D eigenvalue weighted by atomic mass is 19.1. The molecule has 2 aromatic heterocycles. The Labute approximate surface area is 85.9 Å². The number of hydrogen-bond donors (Lipinski definition) is 0. The molecule has 0 saturated carbocycles. The van der Waals surface area contributed by atoms with E-state index in [1.54, 1.807) is 18.2 Å². The van der Waals surface area contributed by atoms with Gasteiger partial charge in [-0.25, -0.2) is 9.37 Å². The van der Waals surface area contributed by atoms with Crippen LogP contribution < -0.4 is 0 Å². The van der Waals surface area contributed by atoms with Crippen molar-refractivity contribution in [2.24, 2.45) is 0 Å². The second kappa shape index (κ2) is 3.84. The van der Waals surface area contributed by atoms with Crippen LogP contribution in [-0.4, -0.2) is 9.97 Å². The fourth-order valence-corrected chi connectivity index (χ4v) is 1.21. The van der Waals surface area contributed by atoms with Crippen molar-refractivity contribution in [3.05, 3.63) is 48.2 Å². The average Bonchev–Trinajstić information content (AvgIpc) is 2.29. The summed E-state index contributed by atoms with van der Waals surface area (Å²) in [6, 6.07) is 8.26. The first-order valence-corrected chi connectivity index (χ1v) is 4.27. The standard InChI is InChI=1S/C11H6FN3/c12-9-4-8(6-14-7-9)11-3-1-2-10(5-13)15-11/h1-4,6-7H. The Morgan fingerprint density at radius 2 is 2.13 bits per heavy atom. The molecule has 0 unspecified atom stereocenters. The third kappa shape index (κ3) is 1.97. The zero-order valence-electron chi connectivity index (χ0n) is 7.68. The Balaban J connectivity index is 2.50. The van der Waals surface area contributed by atoms with Gasteiger partial charge in [-0.1, -0.05) is 6.07 Å². The second-order valence-electron chi connectivity index (χ2n) is 2.91. The molecule has 0 bridgehead atoms. The van der Waals surface area contributed by atoms with Crippen LogP contribution in [0.4, 0.5) is 4.39 Å². The number of nitrogens with zero attached hydrogens (tertiary/aromatic N) is 3. The van der Waals surface area contributed by atoms with Crippen LogP contribution >= 0.6 is 0 Å². The van der Waals surface area contributed by atoms with Gasteiger partial charge in [0.2, 0.25) is 0 Å². The van der Waals surface area contributed by atoms with Crippen LogP contribution in [0.2, 0.25) is 0 Å². The molecule has 2 heterocycles. The lowest BCUT2D eigenvalue weighted by Crippen LogP contribution is -1.88. The SMILES string of the molecule is N#Cc1cccc(-c2cncc(F)c2)n1. The molecule has 0 aliphatic rings. The van der Waals surface area contributed by atoms with Gasteiger partial charge >= 0.3 is 0 Å². The first-order chi connectivity index (χ1) is 7.29. The molecule has 0 amide bonds. The van der Waals surface area contributed by atoms with Crippen LogP contribution in [0.15, 0.2) is 36.7 Å². The molecule has 3 nitrogen and oxygen atoms in total. The molecule has 0 atom stereocenters. The third-order valence-electron chi connectivity index (χ3n) is 1.86. The topological polar surface area (TPSA) is 49.6 Å². The van der Waals surface area contributed by atoms with E-state index < -0.39 is 5.82 Å². The summed E-state index contributed by atoms with van der Waals surface area (Å²) < 4.78 is 12.9. The van der Waals surface area contributed by atoms with Gasteiger partial charge in [0.15, 0.2) is 0 Å². The van der Waals surface area contributed by atoms with Gasteiger partial charge in [0.25, 0.3) is 0 Å². The van der Waals surface area contributed by atoms with Gasteiger partial charge < -0.3 is 0 Å². The van der Waals surface area contributed by atoms with Gasteiger partial charge in [0.05, 0.1) is 11.9 Å². The Morgan fingerprint density at radius 1 is 1.27 bits per heavy atom. The summed E-state index contributed by atoms with van der Waals surface area (Å²) in [6.07, 6.45) is 2.63. The molecule has 0 aliphatic carbocycles. The number of halogens is 1. The van der Waals surface area contributed by atoms with Crippen molar-refractivity contribution in [2.45, 2.75) is 0 Å². The smallest absolute Gasteiger partial charge is 0.142 e. The highest BCUT2D eigenvalue weighted by Crippen LogP contribution is 2.16. The first-order valence-electron chi connectivity index (χ1n) is 4.27. The zero-order chi connectivity index (χ0) is 10.7. The first kappa shape index (κ1) is 9.28. The van der Waals surface area contributed by atoms with Gasteiger partial charge in [0, 0.05) is 11.8 Å². The fraction of sp³-hybridized carbons (Fsp3) is 0. The zero-order valence-corrected chi connectivity index (χ0v) is 7.68. The maximum absolute atomic E-state index is 12.9. The highest BCUT2D eigenvalue weighted by Gasteiger charge is 2.02. The lowest BCUT2D eigenvalue weighted by atomic mass is 10.2. The number of hydrogen-bond acceptors (Lipinski definition) is 3. The molecular weight excluding hydrogens is 193 g/mol. The normalized spacial score (nSPS) is 9.60. The van der Waals surface area contributed by atoms with Crippen LogP contribution in [0.25, 0.3) is 11.3 Å². The van der Waals surface area contributed by atoms with E-state index in [1.807, 2.05) is 6.07 Å². The third-order valence-corrected chi connectivity index (χ3v) is 1.86. The second-order valence-corrected chi connectivity index (χ2v) is 2.91. The average molecular weight is 199 g/mol. The predicted molar refractivity (Wildman–Crippen MR) is 52.1 cm³/mol. The van der Waals surface area contributed by atoms with Crippen LogP contribution in [0, 0.1) is 17.1 Å². The summed E-state index contributed by atoms with van der Waals surface area (Å²) >= 11 is 0. The lowest BCUT2D eigenvalue weighted by molar-refractivity contribution is 0.622. The van der Waals surface area contributed by atoms with E-state index in [2.05, 4.69) is 9.97 Å². The van der Waals surface area contributed by atoms with Crippen LogP contribution in [0.5, 0.6) is 0 Å². The predicted octanol–water partition coefficient (Wildman–Crippen LogP) is 2.15. The van der Waals surface area contributed by atoms with Crippen molar-refractivity contribution in [3.8, 4) is 17.3 Å². The summed E-state index contributed by atoms with van der Waals surface area (Å²) in [5.41, 5.74) is 1.41. The number of rotatable bonds is 1. The number of pyridine rings is 2. The molecule has 4 heteroatoms. The summed E-state index contributed by atoms with van der Waals surface area (Å²) in [4.78, 5) is 7.75. The molecule has 0 aromatic carbocycles. The summed E-state index contributed by atoms with van der Waals surface area (Å²) in [6.45, 7) is 0. The molecule has 15 heavy (non-hydrogen) atoms. The van der Waals surface area contributed by atoms with E-state index in [0.29, 0.717) is 17.0 Å². The minimum atomic E-state index is -0.420. The Morgan fingerprint density at radius 3 is 2.87 bits per heavy atom. The monoisotopic (exact) mass is 199 g/mol. The minimum Gasteiger partial charge on any atom is -0.261 e. The van der Waals surface area contributed by atoms with Gasteiger partial charge in [-0.3, -0.25) is 4.98 Å². The Bertz CT molecular complexity index is 531. The molecule has 0 spiro atoms. The van der Waals surface area contributed by atoms with Crippen molar-refractivity contribution in [1.82, 2.24) is 9.97 Å². The maximum Gasteiger partial charge on any atom is 0.142 e. The van der Waals surface area contributed by atoms with Crippen molar-refractivity contribution < 1.29 is 4.39 Å². The van der Waals surface area contributed by atoms with Gasteiger partial charge in [-0.2, -0.15) is 5.26 Å². The molecule has 0 fully saturated rings. The van der Waals surface area contributed by atoms with Gasteiger partial charge in [-0.15, -0.1) is 0 Å². The van der Waals surface area contributed by atoms with E-state index in [9.17, 15) is 4.39 Å². The molecule has 0 aliphatic heterocycles.